The molecule has 18 heavy (non-hydrogen) atoms. The molecule has 0 unspecified atom stereocenters. The van der Waals surface area contributed by atoms with Crippen LogP contribution in [0.3, 0.4) is 0 Å². The van der Waals surface area contributed by atoms with Crippen LogP contribution in [-0.2, 0) is 6.54 Å². The van der Waals surface area contributed by atoms with E-state index < -0.39 is 0 Å². The van der Waals surface area contributed by atoms with Crippen molar-refractivity contribution in [3.63, 3.8) is 0 Å². The topological polar surface area (TPSA) is 15.9 Å². The molecule has 0 amide bonds. The van der Waals surface area contributed by atoms with Crippen molar-refractivity contribution in [3.05, 3.63) is 66.1 Å². The second-order valence-electron chi connectivity index (χ2n) is 4.18. The molecule has 0 saturated heterocycles. The van der Waals surface area contributed by atoms with Crippen LogP contribution in [0.2, 0.25) is 0 Å². The van der Waals surface area contributed by atoms with Gasteiger partial charge < -0.3 is 5.32 Å². The van der Waals surface area contributed by atoms with Gasteiger partial charge in [-0.2, -0.15) is 4.57 Å². The van der Waals surface area contributed by atoms with Crippen LogP contribution in [0.4, 0.5) is 5.69 Å². The number of aromatic nitrogens is 1. The van der Waals surface area contributed by atoms with Crippen LogP contribution in [0.5, 0.6) is 0 Å². The van der Waals surface area contributed by atoms with Gasteiger partial charge in [-0.1, -0.05) is 18.2 Å². The van der Waals surface area contributed by atoms with Crippen LogP contribution in [-0.4, -0.2) is 0 Å². The van der Waals surface area contributed by atoms with Crippen molar-refractivity contribution in [3.8, 4) is 0 Å². The summed E-state index contributed by atoms with van der Waals surface area (Å²) in [5.74, 6) is 0. The van der Waals surface area contributed by atoms with E-state index in [-0.39, 0.29) is 0 Å². The molecule has 1 heterocycles. The summed E-state index contributed by atoms with van der Waals surface area (Å²) in [6.45, 7) is 5.28. The van der Waals surface area contributed by atoms with E-state index in [1.807, 2.05) is 24.4 Å². The molecule has 2 nitrogen and oxygen atoms in total. The molecule has 1 aromatic carbocycles. The van der Waals surface area contributed by atoms with Gasteiger partial charge in [0.2, 0.25) is 5.69 Å². The van der Waals surface area contributed by atoms with E-state index >= 15 is 0 Å². The molecule has 2 rings (SSSR count). The second-order valence-corrected chi connectivity index (χ2v) is 4.18. The quantitative estimate of drug-likeness (QED) is 0.809. The average molecular weight is 239 g/mol. The second kappa shape index (κ2) is 6.01. The van der Waals surface area contributed by atoms with Crippen LogP contribution in [0.15, 0.2) is 54.7 Å². The SMILES string of the molecule is CC[n+]1c(C)cccc1/C=C/Nc1ccccc1. The van der Waals surface area contributed by atoms with Gasteiger partial charge in [0, 0.05) is 37.0 Å². The van der Waals surface area contributed by atoms with E-state index in [2.05, 4.69) is 60.1 Å². The first-order valence-electron chi connectivity index (χ1n) is 6.29. The lowest BCUT2D eigenvalue weighted by atomic mass is 10.2. The van der Waals surface area contributed by atoms with Gasteiger partial charge in [-0.3, -0.25) is 0 Å². The Morgan fingerprint density at radius 1 is 1.06 bits per heavy atom. The number of nitrogens with zero attached hydrogens (tertiary/aromatic N) is 1. The van der Waals surface area contributed by atoms with Gasteiger partial charge >= 0.3 is 0 Å². The number of nitrogens with one attached hydrogen (secondary N) is 1. The smallest absolute Gasteiger partial charge is 0.206 e. The third-order valence-corrected chi connectivity index (χ3v) is 2.94. The molecule has 2 aromatic rings. The Kier molecular flexibility index (Phi) is 4.13. The molecule has 0 aliphatic carbocycles. The van der Waals surface area contributed by atoms with Crippen molar-refractivity contribution < 1.29 is 4.57 Å². The third kappa shape index (κ3) is 2.98. The van der Waals surface area contributed by atoms with Gasteiger partial charge in [0.25, 0.3) is 0 Å². The minimum Gasteiger partial charge on any atom is -0.361 e. The molecule has 0 aliphatic rings. The molecule has 0 fully saturated rings. The van der Waals surface area contributed by atoms with E-state index in [1.54, 1.807) is 0 Å². The van der Waals surface area contributed by atoms with Gasteiger partial charge in [0.05, 0.1) is 0 Å². The third-order valence-electron chi connectivity index (χ3n) is 2.94. The van der Waals surface area contributed by atoms with Crippen LogP contribution < -0.4 is 9.88 Å². The predicted octanol–water partition coefficient (Wildman–Crippen LogP) is 3.39. The Bertz CT molecular complexity index is 530. The van der Waals surface area contributed by atoms with Gasteiger partial charge in [0.15, 0.2) is 5.69 Å². The van der Waals surface area contributed by atoms with E-state index in [1.165, 1.54) is 11.4 Å². The van der Waals surface area contributed by atoms with Crippen molar-refractivity contribution in [1.82, 2.24) is 0 Å². The predicted molar refractivity (Wildman–Crippen MR) is 76.1 cm³/mol. The van der Waals surface area contributed by atoms with Gasteiger partial charge in [0.1, 0.15) is 6.54 Å². The molecular formula is C16H19N2+. The van der Waals surface area contributed by atoms with E-state index in [9.17, 15) is 0 Å². The number of benzene rings is 1. The zero-order valence-corrected chi connectivity index (χ0v) is 10.9. The summed E-state index contributed by atoms with van der Waals surface area (Å²) in [5, 5.41) is 3.27. The lowest BCUT2D eigenvalue weighted by Gasteiger charge is -2.02. The van der Waals surface area contributed by atoms with E-state index in [0.29, 0.717) is 0 Å². The molecule has 1 aromatic heterocycles. The van der Waals surface area contributed by atoms with Crippen molar-refractivity contribution in [1.29, 1.82) is 0 Å². The zero-order chi connectivity index (χ0) is 12.8. The van der Waals surface area contributed by atoms with Crippen molar-refractivity contribution in [2.75, 3.05) is 5.32 Å². The highest BCUT2D eigenvalue weighted by molar-refractivity contribution is 5.51. The maximum Gasteiger partial charge on any atom is 0.206 e. The summed E-state index contributed by atoms with van der Waals surface area (Å²) in [6, 6.07) is 16.5. The van der Waals surface area contributed by atoms with Gasteiger partial charge in [-0.15, -0.1) is 0 Å². The molecule has 2 heteroatoms. The van der Waals surface area contributed by atoms with Crippen molar-refractivity contribution >= 4 is 11.8 Å². The average Bonchev–Trinajstić information content (AvgIpc) is 2.40. The fourth-order valence-electron chi connectivity index (χ4n) is 2.00. The number of para-hydroxylation sites is 1. The van der Waals surface area contributed by atoms with E-state index in [0.717, 1.165) is 12.2 Å². The number of hydrogen-bond donors (Lipinski definition) is 1. The highest BCUT2D eigenvalue weighted by Gasteiger charge is 2.07. The first-order chi connectivity index (χ1) is 8.81. The Hall–Kier alpha value is -2.09. The highest BCUT2D eigenvalue weighted by atomic mass is 15.0. The minimum absolute atomic E-state index is 0.984. The first-order valence-corrected chi connectivity index (χ1v) is 6.29. The summed E-state index contributed by atoms with van der Waals surface area (Å²) >= 11 is 0. The lowest BCUT2D eigenvalue weighted by molar-refractivity contribution is -0.701. The van der Waals surface area contributed by atoms with Gasteiger partial charge in [-0.25, -0.2) is 0 Å². The molecule has 0 radical (unpaired) electrons. The van der Waals surface area contributed by atoms with E-state index in [4.69, 9.17) is 0 Å². The molecular weight excluding hydrogens is 220 g/mol. The summed E-state index contributed by atoms with van der Waals surface area (Å²) in [5.41, 5.74) is 3.59. The Morgan fingerprint density at radius 2 is 1.83 bits per heavy atom. The summed E-state index contributed by atoms with van der Waals surface area (Å²) in [4.78, 5) is 0. The maximum atomic E-state index is 3.27. The Labute approximate surface area is 109 Å². The fraction of sp³-hybridized carbons (Fsp3) is 0.188. The molecule has 0 atom stereocenters. The molecule has 92 valence electrons. The first kappa shape index (κ1) is 12.4. The maximum absolute atomic E-state index is 3.27. The fourth-order valence-corrected chi connectivity index (χ4v) is 2.00. The Morgan fingerprint density at radius 3 is 2.56 bits per heavy atom. The molecule has 0 spiro atoms. The number of hydrogen-bond acceptors (Lipinski definition) is 1. The molecule has 0 bridgehead atoms. The molecule has 0 aliphatic heterocycles. The largest absolute Gasteiger partial charge is 0.361 e. The van der Waals surface area contributed by atoms with Gasteiger partial charge in [-0.05, 0) is 25.1 Å². The van der Waals surface area contributed by atoms with Crippen LogP contribution in [0.1, 0.15) is 18.3 Å². The zero-order valence-electron chi connectivity index (χ0n) is 10.9. The number of rotatable bonds is 4. The summed E-state index contributed by atoms with van der Waals surface area (Å²) in [6.07, 6.45) is 4.08. The van der Waals surface area contributed by atoms with Crippen molar-refractivity contribution in [2.24, 2.45) is 0 Å². The minimum atomic E-state index is 0.984. The normalized spacial score (nSPS) is 10.8. The number of anilines is 1. The summed E-state index contributed by atoms with van der Waals surface area (Å²) < 4.78 is 2.28. The lowest BCUT2D eigenvalue weighted by Crippen LogP contribution is -2.38. The Balaban J connectivity index is 2.12. The monoisotopic (exact) mass is 239 g/mol. The summed E-state index contributed by atoms with van der Waals surface area (Å²) in [7, 11) is 0. The standard InChI is InChI=1S/C16H18N2/c1-3-18-14(2)8-7-11-16(18)12-13-17-15-9-5-4-6-10-15/h4-13H,3H2,1-2H3/p+1. The van der Waals surface area contributed by atoms with Crippen LogP contribution in [0.25, 0.3) is 6.08 Å². The number of pyridine rings is 1. The molecule has 1 N–H and O–H groups in total. The number of aryl methyl sites for hydroxylation is 1. The van der Waals surface area contributed by atoms with Crippen molar-refractivity contribution in [2.45, 2.75) is 20.4 Å². The highest BCUT2D eigenvalue weighted by Crippen LogP contribution is 2.05. The molecule has 0 saturated carbocycles. The van der Waals surface area contributed by atoms with Crippen LogP contribution in [0, 0.1) is 6.92 Å². The van der Waals surface area contributed by atoms with Crippen LogP contribution >= 0.6 is 0 Å².